The van der Waals surface area contributed by atoms with E-state index in [2.05, 4.69) is 59.9 Å². The number of anilines is 2. The van der Waals surface area contributed by atoms with Gasteiger partial charge in [-0.15, -0.1) is 0 Å². The van der Waals surface area contributed by atoms with E-state index in [1.165, 1.54) is 17.9 Å². The van der Waals surface area contributed by atoms with E-state index < -0.39 is 0 Å². The highest BCUT2D eigenvalue weighted by Crippen LogP contribution is 2.32. The summed E-state index contributed by atoms with van der Waals surface area (Å²) in [5.74, 6) is 2.18. The zero-order valence-electron chi connectivity index (χ0n) is 11.6. The summed E-state index contributed by atoms with van der Waals surface area (Å²) in [5, 5.41) is 3.28. The van der Waals surface area contributed by atoms with Crippen LogP contribution < -0.4 is 10.2 Å². The molecule has 0 unspecified atom stereocenters. The van der Waals surface area contributed by atoms with Gasteiger partial charge in [0.15, 0.2) is 0 Å². The third-order valence-electron chi connectivity index (χ3n) is 3.30. The number of pyridine rings is 1. The smallest absolute Gasteiger partial charge is 0.127 e. The van der Waals surface area contributed by atoms with E-state index in [9.17, 15) is 0 Å². The lowest BCUT2D eigenvalue weighted by Crippen LogP contribution is -2.27. The first kappa shape index (κ1) is 13.5. The molecule has 0 bridgehead atoms. The minimum absolute atomic E-state index is 0.409. The van der Waals surface area contributed by atoms with E-state index >= 15 is 0 Å². The SMILES string of the molecule is CCNc1cc(N2CCSC(C)(C)CC2)ccn1. The van der Waals surface area contributed by atoms with Gasteiger partial charge in [0.25, 0.3) is 0 Å². The molecule has 0 saturated carbocycles. The molecule has 1 aromatic rings. The van der Waals surface area contributed by atoms with Crippen LogP contribution in [0, 0.1) is 0 Å². The number of rotatable bonds is 3. The van der Waals surface area contributed by atoms with E-state index in [1.54, 1.807) is 0 Å². The first-order valence-electron chi connectivity index (χ1n) is 6.69. The van der Waals surface area contributed by atoms with Crippen LogP contribution in [-0.2, 0) is 0 Å². The lowest BCUT2D eigenvalue weighted by Gasteiger charge is -2.24. The van der Waals surface area contributed by atoms with Crippen LogP contribution in [0.4, 0.5) is 11.5 Å². The van der Waals surface area contributed by atoms with Crippen molar-refractivity contribution in [3.63, 3.8) is 0 Å². The van der Waals surface area contributed by atoms with E-state index in [-0.39, 0.29) is 0 Å². The molecule has 0 radical (unpaired) electrons. The number of thioether (sulfide) groups is 1. The predicted molar refractivity (Wildman–Crippen MR) is 81.8 cm³/mol. The van der Waals surface area contributed by atoms with Crippen LogP contribution in [0.15, 0.2) is 18.3 Å². The Bertz CT molecular complexity index is 392. The van der Waals surface area contributed by atoms with Crippen LogP contribution >= 0.6 is 11.8 Å². The monoisotopic (exact) mass is 265 g/mol. The number of nitrogens with zero attached hydrogens (tertiary/aromatic N) is 2. The minimum Gasteiger partial charge on any atom is -0.371 e. The number of aromatic nitrogens is 1. The van der Waals surface area contributed by atoms with Gasteiger partial charge in [-0.25, -0.2) is 4.98 Å². The van der Waals surface area contributed by atoms with Gasteiger partial charge in [0.1, 0.15) is 5.82 Å². The average molecular weight is 265 g/mol. The fourth-order valence-corrected chi connectivity index (χ4v) is 3.27. The standard InChI is InChI=1S/C14H23N3S/c1-4-15-13-11-12(5-7-16-13)17-8-6-14(2,3)18-10-9-17/h5,7,11H,4,6,8-10H2,1-3H3,(H,15,16). The van der Waals surface area contributed by atoms with E-state index in [4.69, 9.17) is 0 Å². The lowest BCUT2D eigenvalue weighted by atomic mass is 10.1. The van der Waals surface area contributed by atoms with Crippen molar-refractivity contribution in [3.8, 4) is 0 Å². The molecule has 0 amide bonds. The van der Waals surface area contributed by atoms with Crippen molar-refractivity contribution in [2.45, 2.75) is 31.9 Å². The molecule has 1 aliphatic rings. The highest BCUT2D eigenvalue weighted by Gasteiger charge is 2.23. The molecule has 1 aliphatic heterocycles. The molecule has 1 fully saturated rings. The number of nitrogens with one attached hydrogen (secondary N) is 1. The van der Waals surface area contributed by atoms with Gasteiger partial charge in [-0.05, 0) is 19.4 Å². The van der Waals surface area contributed by atoms with Gasteiger partial charge in [-0.3, -0.25) is 0 Å². The quantitative estimate of drug-likeness (QED) is 0.908. The summed E-state index contributed by atoms with van der Waals surface area (Å²) in [6, 6.07) is 4.27. The van der Waals surface area contributed by atoms with Gasteiger partial charge in [0, 0.05) is 48.1 Å². The van der Waals surface area contributed by atoms with Gasteiger partial charge in [-0.1, -0.05) is 13.8 Å². The molecule has 4 heteroatoms. The Morgan fingerprint density at radius 1 is 1.44 bits per heavy atom. The molecule has 2 rings (SSSR count). The third-order valence-corrected chi connectivity index (χ3v) is 4.68. The molecule has 2 heterocycles. The highest BCUT2D eigenvalue weighted by atomic mass is 32.2. The lowest BCUT2D eigenvalue weighted by molar-refractivity contribution is 0.637. The maximum Gasteiger partial charge on any atom is 0.127 e. The van der Waals surface area contributed by atoms with Crippen LogP contribution in [0.2, 0.25) is 0 Å². The fourth-order valence-electron chi connectivity index (χ4n) is 2.17. The molecular weight excluding hydrogens is 242 g/mol. The fraction of sp³-hybridized carbons (Fsp3) is 0.643. The van der Waals surface area contributed by atoms with Crippen molar-refractivity contribution in [3.05, 3.63) is 18.3 Å². The summed E-state index contributed by atoms with van der Waals surface area (Å²) in [6.07, 6.45) is 3.13. The van der Waals surface area contributed by atoms with Crippen molar-refractivity contribution in [1.29, 1.82) is 0 Å². The van der Waals surface area contributed by atoms with Crippen molar-refractivity contribution in [2.24, 2.45) is 0 Å². The Hall–Kier alpha value is -0.900. The number of hydrogen-bond acceptors (Lipinski definition) is 4. The second-order valence-electron chi connectivity index (χ2n) is 5.27. The highest BCUT2D eigenvalue weighted by molar-refractivity contribution is 8.00. The van der Waals surface area contributed by atoms with Gasteiger partial charge in [0.2, 0.25) is 0 Å². The molecule has 1 N–H and O–H groups in total. The van der Waals surface area contributed by atoms with Crippen molar-refractivity contribution >= 4 is 23.3 Å². The van der Waals surface area contributed by atoms with Crippen LogP contribution in [0.1, 0.15) is 27.2 Å². The topological polar surface area (TPSA) is 28.2 Å². The maximum atomic E-state index is 4.33. The second-order valence-corrected chi connectivity index (χ2v) is 7.08. The van der Waals surface area contributed by atoms with Crippen LogP contribution in [-0.4, -0.2) is 35.1 Å². The average Bonchev–Trinajstić information content (AvgIpc) is 2.51. The Labute approximate surface area is 114 Å². The van der Waals surface area contributed by atoms with E-state index in [1.807, 2.05) is 6.20 Å². The maximum absolute atomic E-state index is 4.33. The molecule has 18 heavy (non-hydrogen) atoms. The molecule has 0 aromatic carbocycles. The second kappa shape index (κ2) is 5.83. The van der Waals surface area contributed by atoms with Crippen LogP contribution in [0.3, 0.4) is 0 Å². The molecule has 0 spiro atoms. The minimum atomic E-state index is 0.409. The van der Waals surface area contributed by atoms with Crippen LogP contribution in [0.5, 0.6) is 0 Å². The summed E-state index contributed by atoms with van der Waals surface area (Å²) in [7, 11) is 0. The van der Waals surface area contributed by atoms with E-state index in [0.717, 1.165) is 25.5 Å². The summed E-state index contributed by atoms with van der Waals surface area (Å²) in [5.41, 5.74) is 1.29. The van der Waals surface area contributed by atoms with Gasteiger partial charge in [-0.2, -0.15) is 11.8 Å². The van der Waals surface area contributed by atoms with Crippen molar-refractivity contribution in [2.75, 3.05) is 35.6 Å². The zero-order valence-corrected chi connectivity index (χ0v) is 12.4. The summed E-state index contributed by atoms with van der Waals surface area (Å²) in [6.45, 7) is 9.97. The molecule has 100 valence electrons. The first-order chi connectivity index (χ1) is 8.61. The summed E-state index contributed by atoms with van der Waals surface area (Å²) >= 11 is 2.08. The first-order valence-corrected chi connectivity index (χ1v) is 7.68. The molecule has 3 nitrogen and oxygen atoms in total. The van der Waals surface area contributed by atoms with Gasteiger partial charge in [0.05, 0.1) is 0 Å². The largest absolute Gasteiger partial charge is 0.371 e. The molecule has 1 aromatic heterocycles. The van der Waals surface area contributed by atoms with Gasteiger partial charge < -0.3 is 10.2 Å². The Morgan fingerprint density at radius 3 is 3.06 bits per heavy atom. The Morgan fingerprint density at radius 2 is 2.28 bits per heavy atom. The normalized spacial score (nSPS) is 19.4. The predicted octanol–water partition coefficient (Wildman–Crippen LogP) is 3.24. The van der Waals surface area contributed by atoms with Gasteiger partial charge >= 0.3 is 0 Å². The molecule has 0 aliphatic carbocycles. The third kappa shape index (κ3) is 3.55. The zero-order chi connectivity index (χ0) is 13.0. The molecule has 0 atom stereocenters. The Balaban J connectivity index is 2.08. The molecule has 1 saturated heterocycles. The summed E-state index contributed by atoms with van der Waals surface area (Å²) in [4.78, 5) is 6.81. The number of hydrogen-bond donors (Lipinski definition) is 1. The summed E-state index contributed by atoms with van der Waals surface area (Å²) < 4.78 is 0.409. The van der Waals surface area contributed by atoms with Crippen molar-refractivity contribution < 1.29 is 0 Å². The molecular formula is C14H23N3S. The Kier molecular flexibility index (Phi) is 4.38. The van der Waals surface area contributed by atoms with Crippen LogP contribution in [0.25, 0.3) is 0 Å². The van der Waals surface area contributed by atoms with E-state index in [0.29, 0.717) is 4.75 Å². The van der Waals surface area contributed by atoms with Crippen molar-refractivity contribution in [1.82, 2.24) is 4.98 Å².